The lowest BCUT2D eigenvalue weighted by atomic mass is 10.1. The zero-order valence-electron chi connectivity index (χ0n) is 15.1. The summed E-state index contributed by atoms with van der Waals surface area (Å²) in [7, 11) is 0. The number of hydrogen-bond donors (Lipinski definition) is 3. The summed E-state index contributed by atoms with van der Waals surface area (Å²) in [6.07, 6.45) is 6.74. The van der Waals surface area contributed by atoms with E-state index in [1.54, 1.807) is 6.07 Å². The maximum absolute atomic E-state index is 12.1. The minimum Gasteiger partial charge on any atom is -0.480 e. The van der Waals surface area contributed by atoms with Crippen LogP contribution in [0.5, 0.6) is 0 Å². The molecule has 1 amide bonds. The molecule has 26 heavy (non-hydrogen) atoms. The van der Waals surface area contributed by atoms with E-state index < -0.39 is 17.9 Å². The first-order valence-corrected chi connectivity index (χ1v) is 9.89. The standard InChI is InChI=1S/C19H25N3O3S/c1-3-4-5-14-6-8-16(9-7-14)21-13-15(12-20)18(23)22-17(19(24)25)10-11-26-2/h6-9,13,17,21H,3-5,10-11H2,1-2H3,(H,22,23)(H,24,25)/b15-13-. The Morgan fingerprint density at radius 2 is 2.04 bits per heavy atom. The number of nitrogens with zero attached hydrogens (tertiary/aromatic N) is 1. The molecule has 1 atom stereocenters. The lowest BCUT2D eigenvalue weighted by molar-refractivity contribution is -0.141. The van der Waals surface area contributed by atoms with E-state index >= 15 is 0 Å². The van der Waals surface area contributed by atoms with E-state index in [1.807, 2.05) is 30.5 Å². The largest absolute Gasteiger partial charge is 0.480 e. The molecule has 0 aliphatic carbocycles. The Kier molecular flexibility index (Phi) is 9.95. The van der Waals surface area contributed by atoms with Crippen molar-refractivity contribution < 1.29 is 14.7 Å². The van der Waals surface area contributed by atoms with E-state index in [0.717, 1.165) is 24.9 Å². The Labute approximate surface area is 158 Å². The highest BCUT2D eigenvalue weighted by Crippen LogP contribution is 2.12. The van der Waals surface area contributed by atoms with Crippen LogP contribution in [-0.2, 0) is 16.0 Å². The Bertz CT molecular complexity index is 666. The van der Waals surface area contributed by atoms with Crippen molar-refractivity contribution in [3.8, 4) is 6.07 Å². The molecule has 0 bridgehead atoms. The van der Waals surface area contributed by atoms with Crippen molar-refractivity contribution in [2.75, 3.05) is 17.3 Å². The molecule has 1 unspecified atom stereocenters. The molecule has 0 spiro atoms. The van der Waals surface area contributed by atoms with Crippen molar-refractivity contribution in [3.05, 3.63) is 41.6 Å². The van der Waals surface area contributed by atoms with Crippen molar-refractivity contribution in [2.45, 2.75) is 38.6 Å². The monoisotopic (exact) mass is 375 g/mol. The van der Waals surface area contributed by atoms with Gasteiger partial charge in [-0.25, -0.2) is 4.79 Å². The van der Waals surface area contributed by atoms with Gasteiger partial charge >= 0.3 is 5.97 Å². The number of carbonyl (C=O) groups excluding carboxylic acids is 1. The molecule has 0 aromatic heterocycles. The molecule has 6 nitrogen and oxygen atoms in total. The van der Waals surface area contributed by atoms with Crippen LogP contribution in [0.2, 0.25) is 0 Å². The number of thioether (sulfide) groups is 1. The van der Waals surface area contributed by atoms with Gasteiger partial charge in [-0.15, -0.1) is 0 Å². The maximum Gasteiger partial charge on any atom is 0.326 e. The van der Waals surface area contributed by atoms with Gasteiger partial charge in [-0.1, -0.05) is 25.5 Å². The number of carboxylic acid groups (broad SMARTS) is 1. The summed E-state index contributed by atoms with van der Waals surface area (Å²) < 4.78 is 0. The molecule has 0 aliphatic rings. The summed E-state index contributed by atoms with van der Waals surface area (Å²) in [5, 5.41) is 23.6. The maximum atomic E-state index is 12.1. The van der Waals surface area contributed by atoms with Gasteiger partial charge in [-0.05, 0) is 49.0 Å². The summed E-state index contributed by atoms with van der Waals surface area (Å²) in [6.45, 7) is 2.14. The Balaban J connectivity index is 2.70. The van der Waals surface area contributed by atoms with Crippen LogP contribution >= 0.6 is 11.8 Å². The molecule has 1 aromatic carbocycles. The van der Waals surface area contributed by atoms with Crippen LogP contribution in [0.15, 0.2) is 36.0 Å². The number of aryl methyl sites for hydroxylation is 1. The predicted molar refractivity (Wildman–Crippen MR) is 105 cm³/mol. The molecule has 140 valence electrons. The molecule has 0 heterocycles. The number of carbonyl (C=O) groups is 2. The molecule has 0 fully saturated rings. The third-order valence-corrected chi connectivity index (χ3v) is 4.38. The highest BCUT2D eigenvalue weighted by Gasteiger charge is 2.21. The molecule has 1 rings (SSSR count). The number of carboxylic acids is 1. The molecule has 1 aromatic rings. The number of rotatable bonds is 11. The fourth-order valence-corrected chi connectivity index (χ4v) is 2.65. The minimum atomic E-state index is -1.11. The fraction of sp³-hybridized carbons (Fsp3) is 0.421. The van der Waals surface area contributed by atoms with Gasteiger partial charge in [0, 0.05) is 11.9 Å². The third kappa shape index (κ3) is 7.62. The quantitative estimate of drug-likeness (QED) is 0.405. The van der Waals surface area contributed by atoms with Crippen LogP contribution in [0.1, 0.15) is 31.7 Å². The number of hydrogen-bond acceptors (Lipinski definition) is 5. The average Bonchev–Trinajstić information content (AvgIpc) is 2.64. The van der Waals surface area contributed by atoms with Gasteiger partial charge in [0.2, 0.25) is 0 Å². The second kappa shape index (κ2) is 12.0. The van der Waals surface area contributed by atoms with Crippen LogP contribution in [0, 0.1) is 11.3 Å². The lowest BCUT2D eigenvalue weighted by Gasteiger charge is -2.13. The van der Waals surface area contributed by atoms with Crippen LogP contribution in [-0.4, -0.2) is 35.0 Å². The zero-order chi connectivity index (χ0) is 19.4. The van der Waals surface area contributed by atoms with Gasteiger partial charge in [0.1, 0.15) is 17.7 Å². The Morgan fingerprint density at radius 1 is 1.35 bits per heavy atom. The fourth-order valence-electron chi connectivity index (χ4n) is 2.18. The number of unbranched alkanes of at least 4 members (excludes halogenated alkanes) is 1. The summed E-state index contributed by atoms with van der Waals surface area (Å²) in [6, 6.07) is 8.56. The Morgan fingerprint density at radius 3 is 2.58 bits per heavy atom. The smallest absolute Gasteiger partial charge is 0.326 e. The van der Waals surface area contributed by atoms with E-state index in [4.69, 9.17) is 5.11 Å². The van der Waals surface area contributed by atoms with Gasteiger partial charge in [0.25, 0.3) is 5.91 Å². The first kappa shape index (κ1) is 21.6. The molecule has 0 saturated heterocycles. The number of amides is 1. The van der Waals surface area contributed by atoms with E-state index in [2.05, 4.69) is 17.6 Å². The van der Waals surface area contributed by atoms with Gasteiger partial charge in [0.05, 0.1) is 0 Å². The Hall–Kier alpha value is -2.46. The van der Waals surface area contributed by atoms with E-state index in [-0.39, 0.29) is 5.57 Å². The van der Waals surface area contributed by atoms with Gasteiger partial charge in [-0.2, -0.15) is 17.0 Å². The average molecular weight is 375 g/mol. The summed E-state index contributed by atoms with van der Waals surface area (Å²) in [5.41, 5.74) is 1.82. The van der Waals surface area contributed by atoms with E-state index in [9.17, 15) is 14.9 Å². The highest BCUT2D eigenvalue weighted by molar-refractivity contribution is 7.98. The van der Waals surface area contributed by atoms with Crippen LogP contribution in [0.4, 0.5) is 5.69 Å². The van der Waals surface area contributed by atoms with Gasteiger partial charge < -0.3 is 15.7 Å². The van der Waals surface area contributed by atoms with Crippen LogP contribution in [0.25, 0.3) is 0 Å². The van der Waals surface area contributed by atoms with Gasteiger partial charge in [0.15, 0.2) is 0 Å². The second-order valence-corrected chi connectivity index (χ2v) is 6.75. The zero-order valence-corrected chi connectivity index (χ0v) is 15.9. The van der Waals surface area contributed by atoms with Crippen molar-refractivity contribution in [1.82, 2.24) is 5.32 Å². The van der Waals surface area contributed by atoms with Crippen LogP contribution < -0.4 is 10.6 Å². The van der Waals surface area contributed by atoms with Crippen molar-refractivity contribution in [1.29, 1.82) is 5.26 Å². The predicted octanol–water partition coefficient (Wildman–Crippen LogP) is 3.17. The summed E-state index contributed by atoms with van der Waals surface area (Å²) in [5.74, 6) is -1.21. The normalized spacial score (nSPS) is 12.1. The number of benzene rings is 1. The van der Waals surface area contributed by atoms with E-state index in [0.29, 0.717) is 12.2 Å². The SMILES string of the molecule is CCCCc1ccc(N/C=C(/C#N)C(=O)NC(CCSC)C(=O)O)cc1. The molecule has 3 N–H and O–H groups in total. The molecular weight excluding hydrogens is 350 g/mol. The first-order chi connectivity index (χ1) is 12.5. The topological polar surface area (TPSA) is 102 Å². The van der Waals surface area contributed by atoms with Gasteiger partial charge in [-0.3, -0.25) is 4.79 Å². The summed E-state index contributed by atoms with van der Waals surface area (Å²) >= 11 is 1.50. The second-order valence-electron chi connectivity index (χ2n) is 5.76. The number of nitriles is 1. The van der Waals surface area contributed by atoms with Crippen molar-refractivity contribution in [2.24, 2.45) is 0 Å². The third-order valence-electron chi connectivity index (χ3n) is 3.74. The number of aliphatic carboxylic acids is 1. The summed E-state index contributed by atoms with van der Waals surface area (Å²) in [4.78, 5) is 23.3. The van der Waals surface area contributed by atoms with Crippen molar-refractivity contribution in [3.63, 3.8) is 0 Å². The number of nitrogens with one attached hydrogen (secondary N) is 2. The van der Waals surface area contributed by atoms with Crippen LogP contribution in [0.3, 0.4) is 0 Å². The van der Waals surface area contributed by atoms with Crippen molar-refractivity contribution >= 4 is 29.3 Å². The molecule has 7 heteroatoms. The molecule has 0 aliphatic heterocycles. The minimum absolute atomic E-state index is 0.171. The number of anilines is 1. The highest BCUT2D eigenvalue weighted by atomic mass is 32.2. The first-order valence-electron chi connectivity index (χ1n) is 8.50. The lowest BCUT2D eigenvalue weighted by Crippen LogP contribution is -2.41. The molecular formula is C19H25N3O3S. The molecule has 0 radical (unpaired) electrons. The van der Waals surface area contributed by atoms with E-state index in [1.165, 1.54) is 23.5 Å². The molecule has 0 saturated carbocycles.